The zero-order valence-electron chi connectivity index (χ0n) is 7.65. The number of ether oxygens (including phenoxy) is 2. The van der Waals surface area contributed by atoms with E-state index in [1.807, 2.05) is 0 Å². The van der Waals surface area contributed by atoms with E-state index in [0.29, 0.717) is 0 Å². The van der Waals surface area contributed by atoms with Gasteiger partial charge in [-0.05, 0) is 6.92 Å². The molecule has 4 N–H and O–H groups in total. The van der Waals surface area contributed by atoms with E-state index >= 15 is 0 Å². The first kappa shape index (κ1) is 11.9. The summed E-state index contributed by atoms with van der Waals surface area (Å²) in [6, 6.07) is 0. The van der Waals surface area contributed by atoms with Crippen molar-refractivity contribution in [3.05, 3.63) is 0 Å². The van der Waals surface area contributed by atoms with Crippen molar-refractivity contribution in [1.82, 2.24) is 0 Å². The molecule has 1 fully saturated rings. The molecule has 0 spiro atoms. The third kappa shape index (κ3) is 2.23. The molecule has 3 atom stereocenters. The van der Waals surface area contributed by atoms with Crippen molar-refractivity contribution < 1.29 is 39.5 Å². The molecule has 15 heavy (non-hydrogen) atoms. The van der Waals surface area contributed by atoms with Crippen LogP contribution in [0.15, 0.2) is 0 Å². The smallest absolute Gasteiger partial charge is 0.363 e. The molecule has 0 amide bonds. The minimum Gasteiger partial charge on any atom is -0.451 e. The van der Waals surface area contributed by atoms with Gasteiger partial charge in [-0.1, -0.05) is 0 Å². The molecule has 0 bridgehead atoms. The first-order valence-electron chi connectivity index (χ1n) is 4.00. The predicted octanol–water partition coefficient (Wildman–Crippen LogP) is -3.16. The lowest BCUT2D eigenvalue weighted by Crippen LogP contribution is -2.55. The van der Waals surface area contributed by atoms with E-state index < -0.39 is 36.2 Å². The highest BCUT2D eigenvalue weighted by atomic mass is 16.8. The molecule has 3 unspecified atom stereocenters. The topological polar surface area (TPSA) is 134 Å². The Hall–Kier alpha value is -1.22. The number of hydrogen-bond acceptors (Lipinski definition) is 8. The van der Waals surface area contributed by atoms with E-state index in [9.17, 15) is 9.59 Å². The maximum Gasteiger partial charge on any atom is 0.363 e. The van der Waals surface area contributed by atoms with Crippen LogP contribution in [-0.2, 0) is 19.1 Å². The highest BCUT2D eigenvalue weighted by molar-refractivity contribution is 5.86. The average molecular weight is 222 g/mol. The van der Waals surface area contributed by atoms with E-state index in [1.54, 1.807) is 0 Å². The number of esters is 2. The van der Waals surface area contributed by atoms with Crippen molar-refractivity contribution in [2.75, 3.05) is 0 Å². The molecule has 8 heteroatoms. The molecule has 0 aromatic heterocycles. The van der Waals surface area contributed by atoms with Gasteiger partial charge in [0.2, 0.25) is 0 Å². The number of aliphatic hydroxyl groups excluding tert-OH is 2. The highest BCUT2D eigenvalue weighted by Gasteiger charge is 2.47. The summed E-state index contributed by atoms with van der Waals surface area (Å²) in [6.45, 7) is 1.04. The summed E-state index contributed by atoms with van der Waals surface area (Å²) in [5.41, 5.74) is 0. The summed E-state index contributed by atoms with van der Waals surface area (Å²) in [4.78, 5) is 21.9. The van der Waals surface area contributed by atoms with Gasteiger partial charge in [0.05, 0.1) is 0 Å². The second-order valence-corrected chi connectivity index (χ2v) is 3.05. The van der Waals surface area contributed by atoms with Crippen LogP contribution in [0.25, 0.3) is 0 Å². The normalized spacial score (nSPS) is 36.2. The summed E-state index contributed by atoms with van der Waals surface area (Å²) in [5, 5.41) is 36.2. The van der Waals surface area contributed by atoms with Crippen molar-refractivity contribution in [1.29, 1.82) is 0 Å². The van der Waals surface area contributed by atoms with Gasteiger partial charge in [-0.25, -0.2) is 9.59 Å². The summed E-state index contributed by atoms with van der Waals surface area (Å²) >= 11 is 0. The average Bonchev–Trinajstić information content (AvgIpc) is 2.13. The number of cyclic esters (lactones) is 2. The fraction of sp³-hybridized carbons (Fsp3) is 0.714. The Labute approximate surface area is 83.7 Å². The fourth-order valence-corrected chi connectivity index (χ4v) is 0.870. The molecule has 0 saturated carbocycles. The van der Waals surface area contributed by atoms with Gasteiger partial charge in [-0.2, -0.15) is 0 Å². The summed E-state index contributed by atoms with van der Waals surface area (Å²) in [7, 11) is 0. The standard InChI is InChI=1S/C7H10O8/c1-2-7(12,13)15-6(11)4(9)3(8)5(10)14-2/h2-4,8-9,12-13H,1H3. The molecule has 0 aliphatic carbocycles. The highest BCUT2D eigenvalue weighted by Crippen LogP contribution is 2.18. The van der Waals surface area contributed by atoms with Gasteiger partial charge in [-0.3, -0.25) is 0 Å². The number of carbonyl (C=O) groups is 2. The quantitative estimate of drug-likeness (QED) is 0.249. The lowest BCUT2D eigenvalue weighted by atomic mass is 10.2. The van der Waals surface area contributed by atoms with Gasteiger partial charge in [0.1, 0.15) is 0 Å². The lowest BCUT2D eigenvalue weighted by Gasteiger charge is -2.31. The van der Waals surface area contributed by atoms with Crippen molar-refractivity contribution in [3.8, 4) is 0 Å². The zero-order chi connectivity index (χ0) is 11.8. The van der Waals surface area contributed by atoms with E-state index in [2.05, 4.69) is 9.47 Å². The molecule has 1 aliphatic rings. The van der Waals surface area contributed by atoms with Crippen LogP contribution in [0.2, 0.25) is 0 Å². The van der Waals surface area contributed by atoms with Gasteiger partial charge in [0, 0.05) is 0 Å². The minimum atomic E-state index is -3.03. The van der Waals surface area contributed by atoms with Gasteiger partial charge < -0.3 is 29.9 Å². The second kappa shape index (κ2) is 3.74. The van der Waals surface area contributed by atoms with E-state index in [0.717, 1.165) is 6.92 Å². The van der Waals surface area contributed by atoms with Gasteiger partial charge in [0.15, 0.2) is 18.3 Å². The molecule has 8 nitrogen and oxygen atoms in total. The van der Waals surface area contributed by atoms with Crippen LogP contribution in [0.5, 0.6) is 0 Å². The largest absolute Gasteiger partial charge is 0.451 e. The Balaban J connectivity index is 2.95. The Morgan fingerprint density at radius 3 is 2.13 bits per heavy atom. The van der Waals surface area contributed by atoms with Crippen LogP contribution in [-0.4, -0.2) is 56.6 Å². The van der Waals surface area contributed by atoms with Crippen molar-refractivity contribution in [2.24, 2.45) is 0 Å². The molecule has 1 aliphatic heterocycles. The third-order valence-electron chi connectivity index (χ3n) is 1.86. The van der Waals surface area contributed by atoms with Gasteiger partial charge in [0.25, 0.3) is 0 Å². The Morgan fingerprint density at radius 2 is 1.60 bits per heavy atom. The Kier molecular flexibility index (Phi) is 2.95. The van der Waals surface area contributed by atoms with Crippen molar-refractivity contribution in [2.45, 2.75) is 31.2 Å². The van der Waals surface area contributed by atoms with Crippen molar-refractivity contribution in [3.63, 3.8) is 0 Å². The van der Waals surface area contributed by atoms with Crippen molar-refractivity contribution >= 4 is 11.9 Å². The SMILES string of the molecule is CC1OC(=O)C(O)C(O)C(=O)OC1(O)O. The molecular formula is C7H10O8. The van der Waals surface area contributed by atoms with E-state index in [4.69, 9.17) is 20.4 Å². The summed E-state index contributed by atoms with van der Waals surface area (Å²) in [5.74, 6) is -5.91. The Morgan fingerprint density at radius 1 is 1.13 bits per heavy atom. The Bertz CT molecular complexity index is 285. The van der Waals surface area contributed by atoms with E-state index in [1.165, 1.54) is 0 Å². The molecule has 1 heterocycles. The maximum absolute atomic E-state index is 11.0. The zero-order valence-corrected chi connectivity index (χ0v) is 7.65. The second-order valence-electron chi connectivity index (χ2n) is 3.05. The van der Waals surface area contributed by atoms with Crippen LogP contribution >= 0.6 is 0 Å². The molecule has 0 radical (unpaired) electrons. The first-order chi connectivity index (χ1) is 6.75. The molecule has 1 saturated heterocycles. The number of rotatable bonds is 0. The van der Waals surface area contributed by atoms with Crippen LogP contribution in [0.1, 0.15) is 6.92 Å². The molecule has 0 aromatic rings. The lowest BCUT2D eigenvalue weighted by molar-refractivity contribution is -0.363. The molecule has 0 aromatic carbocycles. The fourth-order valence-electron chi connectivity index (χ4n) is 0.870. The maximum atomic E-state index is 11.0. The van der Waals surface area contributed by atoms with Crippen LogP contribution < -0.4 is 0 Å². The number of aliphatic hydroxyl groups is 4. The molecule has 1 rings (SSSR count). The first-order valence-corrected chi connectivity index (χ1v) is 4.00. The number of carbonyl (C=O) groups excluding carboxylic acids is 2. The molecular weight excluding hydrogens is 212 g/mol. The summed E-state index contributed by atoms with van der Waals surface area (Å²) < 4.78 is 8.32. The van der Waals surface area contributed by atoms with E-state index in [-0.39, 0.29) is 0 Å². The predicted molar refractivity (Wildman–Crippen MR) is 40.8 cm³/mol. The summed E-state index contributed by atoms with van der Waals surface area (Å²) in [6.07, 6.45) is -5.92. The van der Waals surface area contributed by atoms with Crippen LogP contribution in [0.4, 0.5) is 0 Å². The minimum absolute atomic E-state index is 1.04. The van der Waals surface area contributed by atoms with Gasteiger partial charge in [-0.15, -0.1) is 0 Å². The monoisotopic (exact) mass is 222 g/mol. The number of hydrogen-bond donors (Lipinski definition) is 4. The third-order valence-corrected chi connectivity index (χ3v) is 1.86. The van der Waals surface area contributed by atoms with Gasteiger partial charge >= 0.3 is 17.9 Å². The molecule has 86 valence electrons. The van der Waals surface area contributed by atoms with Crippen LogP contribution in [0.3, 0.4) is 0 Å². The van der Waals surface area contributed by atoms with Crippen LogP contribution in [0, 0.1) is 0 Å².